The Morgan fingerprint density at radius 1 is 1.75 bits per heavy atom. The summed E-state index contributed by atoms with van der Waals surface area (Å²) in [7, 11) is 0. The number of aromatic nitrogens is 2. The maximum atomic E-state index is 11.1. The molecule has 0 spiro atoms. The van der Waals surface area contributed by atoms with Gasteiger partial charge in [0.15, 0.2) is 0 Å². The average Bonchev–Trinajstić information content (AvgIpc) is 1.94. The standard InChI is InChI=1S/C7H9N3O2/c1-5-2-7(12)10(4-9-5)3-6(8)11/h2,4H,3H2,1H3,(H2,8,11). The van der Waals surface area contributed by atoms with Crippen LogP contribution in [0.25, 0.3) is 0 Å². The van der Waals surface area contributed by atoms with E-state index in [9.17, 15) is 9.59 Å². The Kier molecular flexibility index (Phi) is 2.23. The molecule has 0 saturated heterocycles. The minimum absolute atomic E-state index is 0.119. The van der Waals surface area contributed by atoms with Gasteiger partial charge in [-0.2, -0.15) is 0 Å². The van der Waals surface area contributed by atoms with Gasteiger partial charge >= 0.3 is 0 Å². The quantitative estimate of drug-likeness (QED) is 0.616. The summed E-state index contributed by atoms with van der Waals surface area (Å²) in [6, 6.07) is 1.35. The van der Waals surface area contributed by atoms with Crippen molar-refractivity contribution in [2.45, 2.75) is 13.5 Å². The summed E-state index contributed by atoms with van der Waals surface area (Å²) in [5.74, 6) is -0.553. The van der Waals surface area contributed by atoms with Crippen molar-refractivity contribution in [3.05, 3.63) is 28.4 Å². The van der Waals surface area contributed by atoms with E-state index in [1.165, 1.54) is 12.4 Å². The van der Waals surface area contributed by atoms with Gasteiger partial charge in [-0.15, -0.1) is 0 Å². The lowest BCUT2D eigenvalue weighted by Gasteiger charge is -2.00. The average molecular weight is 167 g/mol. The zero-order valence-electron chi connectivity index (χ0n) is 6.65. The molecule has 0 saturated carbocycles. The topological polar surface area (TPSA) is 78.0 Å². The highest BCUT2D eigenvalue weighted by Crippen LogP contribution is 1.83. The summed E-state index contributed by atoms with van der Waals surface area (Å²) in [6.07, 6.45) is 1.31. The largest absolute Gasteiger partial charge is 0.368 e. The second-order valence-corrected chi connectivity index (χ2v) is 2.46. The summed E-state index contributed by atoms with van der Waals surface area (Å²) in [5.41, 5.74) is 5.27. The van der Waals surface area contributed by atoms with Gasteiger partial charge in [0.2, 0.25) is 5.91 Å². The predicted molar refractivity (Wildman–Crippen MR) is 42.4 cm³/mol. The van der Waals surface area contributed by atoms with Crippen LogP contribution >= 0.6 is 0 Å². The second kappa shape index (κ2) is 3.17. The van der Waals surface area contributed by atoms with E-state index in [0.29, 0.717) is 5.69 Å². The first kappa shape index (κ1) is 8.45. The summed E-state index contributed by atoms with van der Waals surface area (Å²) in [6.45, 7) is 1.59. The van der Waals surface area contributed by atoms with Crippen LogP contribution in [0.1, 0.15) is 5.69 Å². The Labute approximate surface area is 68.8 Å². The van der Waals surface area contributed by atoms with Crippen molar-refractivity contribution in [3.63, 3.8) is 0 Å². The number of aryl methyl sites for hydroxylation is 1. The van der Waals surface area contributed by atoms with Crippen LogP contribution in [-0.2, 0) is 11.3 Å². The van der Waals surface area contributed by atoms with E-state index in [4.69, 9.17) is 5.73 Å². The van der Waals surface area contributed by atoms with Crippen LogP contribution in [0.3, 0.4) is 0 Å². The number of nitrogens with zero attached hydrogens (tertiary/aromatic N) is 2. The molecular formula is C7H9N3O2. The van der Waals surface area contributed by atoms with Crippen LogP contribution in [-0.4, -0.2) is 15.5 Å². The minimum atomic E-state index is -0.553. The van der Waals surface area contributed by atoms with Crippen LogP contribution in [0.15, 0.2) is 17.2 Å². The number of rotatable bonds is 2. The Bertz CT molecular complexity index is 356. The third-order valence-electron chi connectivity index (χ3n) is 1.34. The number of amides is 1. The zero-order chi connectivity index (χ0) is 9.14. The molecule has 0 fully saturated rings. The van der Waals surface area contributed by atoms with Crippen molar-refractivity contribution < 1.29 is 4.79 Å². The first-order chi connectivity index (χ1) is 5.59. The highest BCUT2D eigenvalue weighted by Gasteiger charge is 1.99. The molecule has 5 heteroatoms. The summed E-state index contributed by atoms with van der Waals surface area (Å²) in [4.78, 5) is 25.4. The van der Waals surface area contributed by atoms with Crippen LogP contribution in [0.5, 0.6) is 0 Å². The van der Waals surface area contributed by atoms with Crippen LogP contribution in [0.2, 0.25) is 0 Å². The maximum Gasteiger partial charge on any atom is 0.253 e. The number of hydrogen-bond acceptors (Lipinski definition) is 3. The van der Waals surface area contributed by atoms with Crippen molar-refractivity contribution in [1.82, 2.24) is 9.55 Å². The van der Waals surface area contributed by atoms with Gasteiger partial charge in [0.1, 0.15) is 6.54 Å². The monoisotopic (exact) mass is 167 g/mol. The van der Waals surface area contributed by atoms with Gasteiger partial charge in [-0.25, -0.2) is 4.98 Å². The molecule has 1 amide bonds. The molecule has 0 aromatic carbocycles. The Morgan fingerprint density at radius 3 is 2.92 bits per heavy atom. The predicted octanol–water partition coefficient (Wildman–Crippen LogP) is -0.963. The van der Waals surface area contributed by atoms with Gasteiger partial charge in [0, 0.05) is 11.8 Å². The highest BCUT2D eigenvalue weighted by molar-refractivity contribution is 5.73. The van der Waals surface area contributed by atoms with Crippen molar-refractivity contribution in [3.8, 4) is 0 Å². The molecule has 0 bridgehead atoms. The molecule has 0 atom stereocenters. The summed E-state index contributed by atoms with van der Waals surface area (Å²) < 4.78 is 1.16. The fraction of sp³-hybridized carbons (Fsp3) is 0.286. The Morgan fingerprint density at radius 2 is 2.42 bits per heavy atom. The second-order valence-electron chi connectivity index (χ2n) is 2.46. The maximum absolute atomic E-state index is 11.1. The van der Waals surface area contributed by atoms with Gasteiger partial charge < -0.3 is 5.73 Å². The molecular weight excluding hydrogens is 158 g/mol. The lowest BCUT2D eigenvalue weighted by molar-refractivity contribution is -0.118. The molecule has 0 aliphatic carbocycles. The van der Waals surface area contributed by atoms with E-state index in [1.807, 2.05) is 0 Å². The molecule has 1 aromatic rings. The smallest absolute Gasteiger partial charge is 0.253 e. The van der Waals surface area contributed by atoms with Crippen LogP contribution in [0, 0.1) is 6.92 Å². The van der Waals surface area contributed by atoms with Crippen molar-refractivity contribution in [1.29, 1.82) is 0 Å². The third kappa shape index (κ3) is 1.91. The Balaban J connectivity index is 3.02. The van der Waals surface area contributed by atoms with E-state index in [1.54, 1.807) is 6.92 Å². The van der Waals surface area contributed by atoms with Gasteiger partial charge in [0.25, 0.3) is 5.56 Å². The molecule has 1 rings (SSSR count). The van der Waals surface area contributed by atoms with Crippen molar-refractivity contribution >= 4 is 5.91 Å². The summed E-state index contributed by atoms with van der Waals surface area (Å²) >= 11 is 0. The van der Waals surface area contributed by atoms with E-state index < -0.39 is 5.91 Å². The molecule has 64 valence electrons. The molecule has 1 heterocycles. The lowest BCUT2D eigenvalue weighted by atomic mass is 10.4. The fourth-order valence-electron chi connectivity index (χ4n) is 0.803. The molecule has 0 unspecified atom stereocenters. The SMILES string of the molecule is Cc1cc(=O)n(CC(N)=O)cn1. The lowest BCUT2D eigenvalue weighted by Crippen LogP contribution is -2.27. The van der Waals surface area contributed by atoms with Gasteiger partial charge in [-0.1, -0.05) is 0 Å². The van der Waals surface area contributed by atoms with E-state index in [0.717, 1.165) is 4.57 Å². The van der Waals surface area contributed by atoms with Gasteiger partial charge in [-0.05, 0) is 6.92 Å². The fourth-order valence-corrected chi connectivity index (χ4v) is 0.803. The van der Waals surface area contributed by atoms with E-state index >= 15 is 0 Å². The highest BCUT2D eigenvalue weighted by atomic mass is 16.2. The molecule has 5 nitrogen and oxygen atoms in total. The first-order valence-corrected chi connectivity index (χ1v) is 3.41. The number of carbonyl (C=O) groups is 1. The minimum Gasteiger partial charge on any atom is -0.368 e. The number of hydrogen-bond donors (Lipinski definition) is 1. The normalized spacial score (nSPS) is 9.75. The first-order valence-electron chi connectivity index (χ1n) is 3.41. The van der Waals surface area contributed by atoms with Crippen LogP contribution in [0.4, 0.5) is 0 Å². The van der Waals surface area contributed by atoms with Gasteiger partial charge in [0.05, 0.1) is 6.33 Å². The molecule has 0 radical (unpaired) electrons. The Hall–Kier alpha value is -1.65. The van der Waals surface area contributed by atoms with Crippen molar-refractivity contribution in [2.75, 3.05) is 0 Å². The molecule has 0 aliphatic heterocycles. The molecule has 1 aromatic heterocycles. The van der Waals surface area contributed by atoms with Gasteiger partial charge in [-0.3, -0.25) is 14.2 Å². The summed E-state index contributed by atoms with van der Waals surface area (Å²) in [5, 5.41) is 0. The van der Waals surface area contributed by atoms with E-state index in [2.05, 4.69) is 4.98 Å². The third-order valence-corrected chi connectivity index (χ3v) is 1.34. The zero-order valence-corrected chi connectivity index (χ0v) is 6.65. The number of carbonyl (C=O) groups excluding carboxylic acids is 1. The molecule has 0 aliphatic rings. The number of primary amides is 1. The van der Waals surface area contributed by atoms with Crippen LogP contribution < -0.4 is 11.3 Å². The number of nitrogens with two attached hydrogens (primary N) is 1. The van der Waals surface area contributed by atoms with E-state index in [-0.39, 0.29) is 12.1 Å². The van der Waals surface area contributed by atoms with Crippen molar-refractivity contribution in [2.24, 2.45) is 5.73 Å². The molecule has 12 heavy (non-hydrogen) atoms. The molecule has 2 N–H and O–H groups in total.